The first-order chi connectivity index (χ1) is 6.83. The molecule has 1 heterocycles. The van der Waals surface area contributed by atoms with Gasteiger partial charge in [-0.3, -0.25) is 4.79 Å². The fraction of sp³-hybridized carbons (Fsp3) is 0.917. The molecule has 0 radical (unpaired) electrons. The van der Waals surface area contributed by atoms with E-state index in [2.05, 4.69) is 27.7 Å². The van der Waals surface area contributed by atoms with Gasteiger partial charge in [-0.05, 0) is 25.2 Å². The summed E-state index contributed by atoms with van der Waals surface area (Å²) in [5, 5.41) is 0. The van der Waals surface area contributed by atoms with Crippen molar-refractivity contribution in [2.45, 2.75) is 46.1 Å². The van der Waals surface area contributed by atoms with Crippen molar-refractivity contribution in [3.05, 3.63) is 0 Å². The largest absolute Gasteiger partial charge is 0.375 e. The number of hydrogen-bond donors (Lipinski definition) is 0. The number of nitrogens with zero attached hydrogens (tertiary/aromatic N) is 1. The van der Waals surface area contributed by atoms with Gasteiger partial charge in [-0.25, -0.2) is 0 Å². The number of ether oxygens (including phenoxy) is 1. The highest BCUT2D eigenvalue weighted by Gasteiger charge is 2.47. The lowest BCUT2D eigenvalue weighted by atomic mass is 9.73. The number of carbonyl (C=O) groups is 1. The van der Waals surface area contributed by atoms with Crippen molar-refractivity contribution in [1.29, 1.82) is 0 Å². The van der Waals surface area contributed by atoms with Crippen molar-refractivity contribution in [1.82, 2.24) is 4.90 Å². The molecule has 1 aliphatic heterocycles. The van der Waals surface area contributed by atoms with E-state index in [0.29, 0.717) is 0 Å². The average molecular weight is 213 g/mol. The van der Waals surface area contributed by atoms with Crippen LogP contribution in [0.5, 0.6) is 0 Å². The molecule has 0 aromatic rings. The maximum absolute atomic E-state index is 11.9. The van der Waals surface area contributed by atoms with Crippen LogP contribution < -0.4 is 0 Å². The quantitative estimate of drug-likeness (QED) is 0.702. The van der Waals surface area contributed by atoms with Crippen LogP contribution >= 0.6 is 0 Å². The fourth-order valence-electron chi connectivity index (χ4n) is 2.34. The van der Waals surface area contributed by atoms with Gasteiger partial charge in [0.15, 0.2) is 0 Å². The number of methoxy groups -OCH3 is 1. The smallest absolute Gasteiger partial charge is 0.249 e. The molecule has 0 unspecified atom stereocenters. The highest BCUT2D eigenvalue weighted by atomic mass is 16.5. The summed E-state index contributed by atoms with van der Waals surface area (Å²) in [6.45, 7) is 9.86. The van der Waals surface area contributed by atoms with Gasteiger partial charge < -0.3 is 9.64 Å². The molecule has 3 nitrogen and oxygen atoms in total. The van der Waals surface area contributed by atoms with Crippen molar-refractivity contribution in [2.75, 3.05) is 20.3 Å². The topological polar surface area (TPSA) is 29.5 Å². The highest BCUT2D eigenvalue weighted by molar-refractivity contribution is 5.78. The Morgan fingerprint density at radius 1 is 1.47 bits per heavy atom. The van der Waals surface area contributed by atoms with Gasteiger partial charge >= 0.3 is 0 Å². The summed E-state index contributed by atoms with van der Waals surface area (Å²) in [6, 6.07) is 0. The van der Waals surface area contributed by atoms with Crippen LogP contribution in [-0.2, 0) is 9.53 Å². The Morgan fingerprint density at radius 3 is 2.53 bits per heavy atom. The first kappa shape index (κ1) is 12.5. The van der Waals surface area contributed by atoms with E-state index in [9.17, 15) is 4.79 Å². The molecule has 88 valence electrons. The molecular weight excluding hydrogens is 190 g/mol. The van der Waals surface area contributed by atoms with Gasteiger partial charge in [0.1, 0.15) is 6.61 Å². The van der Waals surface area contributed by atoms with Crippen LogP contribution in [0.4, 0.5) is 0 Å². The minimum atomic E-state index is -0.0252. The Kier molecular flexibility index (Phi) is 3.44. The zero-order chi connectivity index (χ0) is 11.7. The van der Waals surface area contributed by atoms with E-state index in [-0.39, 0.29) is 23.5 Å². The highest BCUT2D eigenvalue weighted by Crippen LogP contribution is 2.43. The molecule has 1 fully saturated rings. The van der Waals surface area contributed by atoms with Crippen molar-refractivity contribution >= 4 is 5.91 Å². The minimum Gasteiger partial charge on any atom is -0.375 e. The lowest BCUT2D eigenvalue weighted by molar-refractivity contribution is -0.142. The maximum atomic E-state index is 11.9. The summed E-state index contributed by atoms with van der Waals surface area (Å²) in [7, 11) is 1.57. The van der Waals surface area contributed by atoms with Gasteiger partial charge in [0.05, 0.1) is 0 Å². The monoisotopic (exact) mass is 213 g/mol. The third-order valence-electron chi connectivity index (χ3n) is 3.83. The lowest BCUT2D eigenvalue weighted by Crippen LogP contribution is -2.54. The molecular formula is C12H23NO2. The summed E-state index contributed by atoms with van der Waals surface area (Å²) in [5.41, 5.74) is 0.0928. The molecule has 3 heteroatoms. The van der Waals surface area contributed by atoms with E-state index >= 15 is 0 Å². The zero-order valence-corrected chi connectivity index (χ0v) is 10.6. The molecule has 1 saturated heterocycles. The Bertz CT molecular complexity index is 244. The van der Waals surface area contributed by atoms with E-state index in [4.69, 9.17) is 4.74 Å². The summed E-state index contributed by atoms with van der Waals surface area (Å²) in [4.78, 5) is 13.9. The number of hydrogen-bond acceptors (Lipinski definition) is 2. The van der Waals surface area contributed by atoms with Crippen LogP contribution in [0.1, 0.15) is 40.5 Å². The van der Waals surface area contributed by atoms with Gasteiger partial charge in [0.2, 0.25) is 5.91 Å². The van der Waals surface area contributed by atoms with Crippen molar-refractivity contribution in [2.24, 2.45) is 5.41 Å². The van der Waals surface area contributed by atoms with Crippen LogP contribution in [0.25, 0.3) is 0 Å². The Balaban J connectivity index is 2.85. The fourth-order valence-corrected chi connectivity index (χ4v) is 2.34. The molecule has 1 aliphatic rings. The summed E-state index contributed by atoms with van der Waals surface area (Å²) in [6.07, 6.45) is 2.19. The second kappa shape index (κ2) is 4.12. The molecule has 15 heavy (non-hydrogen) atoms. The first-order valence-electron chi connectivity index (χ1n) is 5.62. The minimum absolute atomic E-state index is 0.0252. The van der Waals surface area contributed by atoms with Gasteiger partial charge in [0, 0.05) is 19.2 Å². The van der Waals surface area contributed by atoms with Gasteiger partial charge in [-0.15, -0.1) is 0 Å². The predicted molar refractivity (Wildman–Crippen MR) is 60.7 cm³/mol. The second-order valence-electron chi connectivity index (χ2n) is 5.61. The molecule has 0 aliphatic carbocycles. The molecule has 0 N–H and O–H groups in total. The van der Waals surface area contributed by atoms with Crippen LogP contribution in [0.2, 0.25) is 0 Å². The number of likely N-dealkylation sites (tertiary alicyclic amines) is 1. The Labute approximate surface area is 92.8 Å². The van der Waals surface area contributed by atoms with Crippen LogP contribution in [0.15, 0.2) is 0 Å². The molecule has 1 atom stereocenters. The predicted octanol–water partition coefficient (Wildman–Crippen LogP) is 2.06. The lowest BCUT2D eigenvalue weighted by Gasteiger charge is -2.45. The molecule has 0 aromatic carbocycles. The maximum Gasteiger partial charge on any atom is 0.249 e. The molecule has 0 spiro atoms. The normalized spacial score (nSPS) is 27.1. The molecule has 1 amide bonds. The zero-order valence-electron chi connectivity index (χ0n) is 10.6. The van der Waals surface area contributed by atoms with Gasteiger partial charge in [-0.1, -0.05) is 20.8 Å². The van der Waals surface area contributed by atoms with E-state index in [1.165, 1.54) is 0 Å². The van der Waals surface area contributed by atoms with Crippen molar-refractivity contribution in [3.8, 4) is 0 Å². The third-order valence-corrected chi connectivity index (χ3v) is 3.83. The van der Waals surface area contributed by atoms with E-state index in [1.54, 1.807) is 7.11 Å². The standard InChI is InChI=1S/C12H23NO2/c1-11(2,3)12(4)7-6-8-13(12)10(14)9-15-5/h6-9H2,1-5H3/t12-/m0/s1. The Hall–Kier alpha value is -0.570. The van der Waals surface area contributed by atoms with Gasteiger partial charge in [0.25, 0.3) is 0 Å². The first-order valence-corrected chi connectivity index (χ1v) is 5.62. The van der Waals surface area contributed by atoms with Crippen LogP contribution in [0.3, 0.4) is 0 Å². The number of amides is 1. The van der Waals surface area contributed by atoms with Crippen LogP contribution in [-0.4, -0.2) is 36.6 Å². The summed E-state index contributed by atoms with van der Waals surface area (Å²) < 4.78 is 4.93. The van der Waals surface area contributed by atoms with E-state index < -0.39 is 0 Å². The third kappa shape index (κ3) is 2.17. The van der Waals surface area contributed by atoms with Crippen molar-refractivity contribution < 1.29 is 9.53 Å². The molecule has 0 bridgehead atoms. The van der Waals surface area contributed by atoms with E-state index in [0.717, 1.165) is 19.4 Å². The van der Waals surface area contributed by atoms with Crippen molar-refractivity contribution in [3.63, 3.8) is 0 Å². The van der Waals surface area contributed by atoms with Crippen LogP contribution in [0, 0.1) is 5.41 Å². The Morgan fingerprint density at radius 2 is 2.07 bits per heavy atom. The molecule has 0 saturated carbocycles. The number of carbonyl (C=O) groups excluding carboxylic acids is 1. The summed E-state index contributed by atoms with van der Waals surface area (Å²) in [5.74, 6) is 0.118. The van der Waals surface area contributed by atoms with Gasteiger partial charge in [-0.2, -0.15) is 0 Å². The number of rotatable bonds is 2. The molecule has 0 aromatic heterocycles. The summed E-state index contributed by atoms with van der Waals surface area (Å²) >= 11 is 0. The SMILES string of the molecule is COCC(=O)N1CCC[C@@]1(C)C(C)(C)C. The molecule has 1 rings (SSSR count). The average Bonchev–Trinajstić information content (AvgIpc) is 2.48. The second-order valence-corrected chi connectivity index (χ2v) is 5.61. The van der Waals surface area contributed by atoms with E-state index in [1.807, 2.05) is 4.90 Å².